The highest BCUT2D eigenvalue weighted by molar-refractivity contribution is 5.81. The van der Waals surface area contributed by atoms with Gasteiger partial charge in [-0.15, -0.1) is 0 Å². The quantitative estimate of drug-likeness (QED) is 0.191. The van der Waals surface area contributed by atoms with Crippen molar-refractivity contribution in [2.45, 2.75) is 115 Å². The van der Waals surface area contributed by atoms with Gasteiger partial charge in [0.05, 0.1) is 6.61 Å². The molecule has 0 radical (unpaired) electrons. The lowest BCUT2D eigenvalue weighted by Gasteiger charge is -2.54. The van der Waals surface area contributed by atoms with E-state index in [0.717, 1.165) is 24.8 Å². The number of allylic oxidation sites excluding steroid dienone is 1. The van der Waals surface area contributed by atoms with Crippen LogP contribution >= 0.6 is 0 Å². The first-order chi connectivity index (χ1) is 16.6. The van der Waals surface area contributed by atoms with Crippen LogP contribution in [0.15, 0.2) is 36.4 Å². The monoisotopic (exact) mass is 468 g/mol. The van der Waals surface area contributed by atoms with Crippen LogP contribution in [0, 0.1) is 5.41 Å². The lowest BCUT2D eigenvalue weighted by Crippen LogP contribution is -2.44. The molecule has 0 amide bonds. The normalized spacial score (nSPS) is 31.1. The Bertz CT molecular complexity index is 779. The lowest BCUT2D eigenvalue weighted by atomic mass is 9.51. The molecule has 1 heterocycles. The van der Waals surface area contributed by atoms with E-state index < -0.39 is 6.29 Å². The zero-order valence-corrected chi connectivity index (χ0v) is 21.4. The molecule has 0 unspecified atom stereocenters. The minimum Gasteiger partial charge on any atom is -0.430 e. The van der Waals surface area contributed by atoms with E-state index in [1.54, 1.807) is 0 Å². The predicted molar refractivity (Wildman–Crippen MR) is 136 cm³/mol. The van der Waals surface area contributed by atoms with Crippen LogP contribution in [0.1, 0.15) is 115 Å². The van der Waals surface area contributed by atoms with Gasteiger partial charge in [0.15, 0.2) is 0 Å². The summed E-state index contributed by atoms with van der Waals surface area (Å²) in [4.78, 5) is 11.9. The molecule has 1 aliphatic heterocycles. The maximum absolute atomic E-state index is 11.9. The van der Waals surface area contributed by atoms with E-state index in [-0.39, 0.29) is 18.7 Å². The van der Waals surface area contributed by atoms with Gasteiger partial charge in [0, 0.05) is 6.08 Å². The van der Waals surface area contributed by atoms with Gasteiger partial charge >= 0.3 is 5.97 Å². The van der Waals surface area contributed by atoms with Crippen molar-refractivity contribution >= 4 is 5.97 Å². The fourth-order valence-corrected chi connectivity index (χ4v) is 6.29. The van der Waals surface area contributed by atoms with E-state index in [1.165, 1.54) is 75.8 Å². The number of hydrogen-bond donors (Lipinski definition) is 0. The molecule has 4 nitrogen and oxygen atoms in total. The van der Waals surface area contributed by atoms with E-state index in [9.17, 15) is 4.79 Å². The Morgan fingerprint density at radius 1 is 0.941 bits per heavy atom. The molecule has 0 spiro atoms. The lowest BCUT2D eigenvalue weighted by molar-refractivity contribution is -0.230. The SMILES string of the molecule is CCCCC=CC(=O)O[C@H]1CO[C@H](c2ccc(C34CCC(CCCCC)(CC3)CC4)cc2)CO1. The summed E-state index contributed by atoms with van der Waals surface area (Å²) in [5, 5.41) is 0. The molecule has 3 aliphatic carbocycles. The molecule has 1 saturated heterocycles. The Balaban J connectivity index is 1.25. The van der Waals surface area contributed by atoms with Gasteiger partial charge in [-0.25, -0.2) is 4.79 Å². The Morgan fingerprint density at radius 2 is 1.65 bits per heavy atom. The van der Waals surface area contributed by atoms with Crippen molar-refractivity contribution in [2.24, 2.45) is 5.41 Å². The molecule has 1 aromatic carbocycles. The van der Waals surface area contributed by atoms with Gasteiger partial charge in [-0.3, -0.25) is 0 Å². The van der Waals surface area contributed by atoms with E-state index in [1.807, 2.05) is 6.08 Å². The summed E-state index contributed by atoms with van der Waals surface area (Å²) in [5.74, 6) is -0.360. The first-order valence-corrected chi connectivity index (χ1v) is 13.8. The predicted octanol–water partition coefficient (Wildman–Crippen LogP) is 7.56. The average Bonchev–Trinajstić information content (AvgIpc) is 2.88. The molecule has 2 atom stereocenters. The molecule has 3 saturated carbocycles. The van der Waals surface area contributed by atoms with E-state index >= 15 is 0 Å². The van der Waals surface area contributed by atoms with Gasteiger partial charge in [-0.2, -0.15) is 0 Å². The first-order valence-electron chi connectivity index (χ1n) is 13.8. The molecule has 0 aromatic heterocycles. The van der Waals surface area contributed by atoms with Crippen LogP contribution in [0.3, 0.4) is 0 Å². The molecule has 4 aliphatic rings. The van der Waals surface area contributed by atoms with Crippen LogP contribution < -0.4 is 0 Å². The molecule has 5 rings (SSSR count). The second kappa shape index (κ2) is 11.9. The maximum atomic E-state index is 11.9. The number of unbranched alkanes of at least 4 members (excludes halogenated alkanes) is 4. The largest absolute Gasteiger partial charge is 0.430 e. The fraction of sp³-hybridized carbons (Fsp3) is 0.700. The van der Waals surface area contributed by atoms with Crippen molar-refractivity contribution < 1.29 is 19.0 Å². The Morgan fingerprint density at radius 3 is 2.26 bits per heavy atom. The van der Waals surface area contributed by atoms with Crippen molar-refractivity contribution in [1.29, 1.82) is 0 Å². The summed E-state index contributed by atoms with van der Waals surface area (Å²) in [6.45, 7) is 5.11. The standard InChI is InChI=1S/C30H44O4/c1-3-5-7-8-10-27(31)34-28-23-32-26(22-33-28)24-11-13-25(14-12-24)30-19-16-29(17-20-30,18-21-30)15-9-6-4-2/h8,10-14,26,28H,3-7,9,15-23H2,1-2H3/t26-,28-,29?,30?/m0/s1. The summed E-state index contributed by atoms with van der Waals surface area (Å²) < 4.78 is 17.1. The smallest absolute Gasteiger partial charge is 0.332 e. The molecule has 2 bridgehead atoms. The molecule has 4 fully saturated rings. The second-order valence-electron chi connectivity index (χ2n) is 10.9. The molecule has 4 heteroatoms. The van der Waals surface area contributed by atoms with E-state index in [0.29, 0.717) is 17.4 Å². The summed E-state index contributed by atoms with van der Waals surface area (Å²) in [6.07, 6.45) is 19.6. The molecular weight excluding hydrogens is 424 g/mol. The van der Waals surface area contributed by atoms with Crippen molar-refractivity contribution in [2.75, 3.05) is 13.2 Å². The number of rotatable bonds is 11. The van der Waals surface area contributed by atoms with E-state index in [2.05, 4.69) is 38.1 Å². The zero-order valence-electron chi connectivity index (χ0n) is 21.4. The summed E-state index contributed by atoms with van der Waals surface area (Å²) in [7, 11) is 0. The van der Waals surface area contributed by atoms with Crippen LogP contribution in [0.2, 0.25) is 0 Å². The molecule has 0 N–H and O–H groups in total. The topological polar surface area (TPSA) is 44.8 Å². The zero-order chi connectivity index (χ0) is 23.9. The number of benzene rings is 1. The highest BCUT2D eigenvalue weighted by Crippen LogP contribution is 2.59. The van der Waals surface area contributed by atoms with Crippen LogP contribution in [-0.2, 0) is 24.4 Å². The van der Waals surface area contributed by atoms with Crippen LogP contribution in [0.4, 0.5) is 0 Å². The van der Waals surface area contributed by atoms with Crippen molar-refractivity contribution in [3.63, 3.8) is 0 Å². The second-order valence-corrected chi connectivity index (χ2v) is 10.9. The minimum atomic E-state index is -0.625. The Hall–Kier alpha value is -1.65. The Labute approximate surface area is 206 Å². The summed E-state index contributed by atoms with van der Waals surface area (Å²) in [5.41, 5.74) is 3.69. The third-order valence-electron chi connectivity index (χ3n) is 8.70. The van der Waals surface area contributed by atoms with Crippen molar-refractivity contribution in [3.05, 3.63) is 47.5 Å². The Kier molecular flexibility index (Phi) is 8.87. The molecule has 34 heavy (non-hydrogen) atoms. The third kappa shape index (κ3) is 6.12. The summed E-state index contributed by atoms with van der Waals surface area (Å²) in [6, 6.07) is 9.11. The molecule has 1 aromatic rings. The van der Waals surface area contributed by atoms with Gasteiger partial charge in [0.25, 0.3) is 0 Å². The van der Waals surface area contributed by atoms with Crippen molar-refractivity contribution in [1.82, 2.24) is 0 Å². The van der Waals surface area contributed by atoms with Gasteiger partial charge < -0.3 is 14.2 Å². The van der Waals surface area contributed by atoms with Crippen LogP contribution in [0.25, 0.3) is 0 Å². The number of carbonyl (C=O) groups excluding carboxylic acids is 1. The number of esters is 1. The van der Waals surface area contributed by atoms with E-state index in [4.69, 9.17) is 14.2 Å². The van der Waals surface area contributed by atoms with Gasteiger partial charge in [0.2, 0.25) is 6.29 Å². The summed E-state index contributed by atoms with van der Waals surface area (Å²) >= 11 is 0. The number of carbonyl (C=O) groups is 1. The maximum Gasteiger partial charge on any atom is 0.332 e. The van der Waals surface area contributed by atoms with Gasteiger partial charge in [-0.1, -0.05) is 76.3 Å². The minimum absolute atomic E-state index is 0.106. The number of hydrogen-bond acceptors (Lipinski definition) is 4. The number of ether oxygens (including phenoxy) is 3. The molecular formula is C30H44O4. The number of fused-ring (bicyclic) bond motifs is 3. The highest BCUT2D eigenvalue weighted by atomic mass is 16.7. The third-order valence-corrected chi connectivity index (χ3v) is 8.70. The van der Waals surface area contributed by atoms with Crippen molar-refractivity contribution in [3.8, 4) is 0 Å². The highest BCUT2D eigenvalue weighted by Gasteiger charge is 2.48. The average molecular weight is 469 g/mol. The van der Waals surface area contributed by atoms with Gasteiger partial charge in [0.1, 0.15) is 12.7 Å². The van der Waals surface area contributed by atoms with Gasteiger partial charge in [-0.05, 0) is 73.3 Å². The fourth-order valence-electron chi connectivity index (χ4n) is 6.29. The van der Waals surface area contributed by atoms with Crippen LogP contribution in [0.5, 0.6) is 0 Å². The molecule has 188 valence electrons. The first kappa shape index (κ1) is 25.4. The van der Waals surface area contributed by atoms with Crippen LogP contribution in [-0.4, -0.2) is 25.5 Å².